The molecule has 0 saturated heterocycles. The van der Waals surface area contributed by atoms with Gasteiger partial charge in [-0.1, -0.05) is 43.4 Å². The molecule has 0 aliphatic carbocycles. The van der Waals surface area contributed by atoms with Crippen molar-refractivity contribution in [3.8, 4) is 0 Å². The van der Waals surface area contributed by atoms with Crippen LogP contribution in [0.1, 0.15) is 20.8 Å². The highest BCUT2D eigenvalue weighted by Gasteiger charge is 2.09. The van der Waals surface area contributed by atoms with Crippen LogP contribution in [0.4, 0.5) is 0 Å². The van der Waals surface area contributed by atoms with Crippen LogP contribution in [0.15, 0.2) is 0 Å². The molecule has 0 heterocycles. The van der Waals surface area contributed by atoms with E-state index in [-0.39, 0.29) is 0 Å². The monoisotopic (exact) mass is 301 g/mol. The van der Waals surface area contributed by atoms with E-state index in [0.29, 0.717) is 6.04 Å². The molecule has 0 amide bonds. The first-order valence-electron chi connectivity index (χ1n) is 4.59. The van der Waals surface area contributed by atoms with Gasteiger partial charge in [-0.3, -0.25) is 0 Å². The van der Waals surface area contributed by atoms with Crippen molar-refractivity contribution in [3.63, 3.8) is 0 Å². The average Bonchev–Trinajstić information content (AvgIpc) is 2.04. The highest BCUT2D eigenvalue weighted by molar-refractivity contribution is 14.1. The van der Waals surface area contributed by atoms with Gasteiger partial charge in [-0.2, -0.15) is 11.8 Å². The first-order valence-corrected chi connectivity index (χ1v) is 7.27. The second kappa shape index (κ2) is 8.63. The van der Waals surface area contributed by atoms with Crippen LogP contribution in [0.2, 0.25) is 0 Å². The number of alkyl halides is 1. The largest absolute Gasteiger partial charge is 0.312 e. The molecule has 0 rings (SSSR count). The van der Waals surface area contributed by atoms with E-state index in [9.17, 15) is 0 Å². The summed E-state index contributed by atoms with van der Waals surface area (Å²) in [6.07, 6.45) is 0. The van der Waals surface area contributed by atoms with Crippen molar-refractivity contribution in [1.82, 2.24) is 5.32 Å². The maximum Gasteiger partial charge on any atom is 0.0180 e. The standard InChI is InChI=1S/C9H20INS/c1-4-12-6-5-11-9(7-10)8(2)3/h8-9,11H,4-7H2,1-3H3. The van der Waals surface area contributed by atoms with Gasteiger partial charge in [0.25, 0.3) is 0 Å². The zero-order valence-electron chi connectivity index (χ0n) is 8.27. The fourth-order valence-corrected chi connectivity index (χ4v) is 2.81. The Balaban J connectivity index is 3.32. The van der Waals surface area contributed by atoms with Crippen molar-refractivity contribution in [2.45, 2.75) is 26.8 Å². The summed E-state index contributed by atoms with van der Waals surface area (Å²) >= 11 is 4.46. The van der Waals surface area contributed by atoms with Gasteiger partial charge in [-0.05, 0) is 11.7 Å². The maximum absolute atomic E-state index is 3.58. The Hall–Kier alpha value is 1.04. The van der Waals surface area contributed by atoms with Gasteiger partial charge in [0, 0.05) is 22.8 Å². The van der Waals surface area contributed by atoms with E-state index >= 15 is 0 Å². The number of nitrogens with one attached hydrogen (secondary N) is 1. The van der Waals surface area contributed by atoms with E-state index in [1.165, 1.54) is 15.9 Å². The molecule has 0 radical (unpaired) electrons. The summed E-state index contributed by atoms with van der Waals surface area (Å²) in [5.41, 5.74) is 0. The van der Waals surface area contributed by atoms with Gasteiger partial charge in [0.05, 0.1) is 0 Å². The molecule has 12 heavy (non-hydrogen) atoms. The fraction of sp³-hybridized carbons (Fsp3) is 1.00. The van der Waals surface area contributed by atoms with Crippen molar-refractivity contribution in [2.75, 3.05) is 22.5 Å². The summed E-state index contributed by atoms with van der Waals surface area (Å²) in [7, 11) is 0. The van der Waals surface area contributed by atoms with E-state index in [2.05, 4.69) is 48.7 Å². The fourth-order valence-electron chi connectivity index (χ4n) is 0.929. The highest BCUT2D eigenvalue weighted by Crippen LogP contribution is 2.05. The molecule has 1 nitrogen and oxygen atoms in total. The number of thioether (sulfide) groups is 1. The molecule has 1 atom stereocenters. The van der Waals surface area contributed by atoms with Gasteiger partial charge >= 0.3 is 0 Å². The van der Waals surface area contributed by atoms with Crippen LogP contribution in [0, 0.1) is 5.92 Å². The molecule has 0 aromatic rings. The molecule has 0 aliphatic heterocycles. The van der Waals surface area contributed by atoms with Gasteiger partial charge < -0.3 is 5.32 Å². The van der Waals surface area contributed by atoms with E-state index in [4.69, 9.17) is 0 Å². The van der Waals surface area contributed by atoms with Gasteiger partial charge in [0.2, 0.25) is 0 Å². The second-order valence-electron chi connectivity index (χ2n) is 3.16. The zero-order chi connectivity index (χ0) is 9.40. The van der Waals surface area contributed by atoms with Crippen LogP contribution in [-0.2, 0) is 0 Å². The summed E-state index contributed by atoms with van der Waals surface area (Å²) < 4.78 is 1.21. The topological polar surface area (TPSA) is 12.0 Å². The number of hydrogen-bond donors (Lipinski definition) is 1. The smallest absolute Gasteiger partial charge is 0.0180 e. The first-order chi connectivity index (χ1) is 5.72. The van der Waals surface area contributed by atoms with Gasteiger partial charge in [0.15, 0.2) is 0 Å². The Kier molecular flexibility index (Phi) is 9.38. The molecule has 0 saturated carbocycles. The second-order valence-corrected chi connectivity index (χ2v) is 5.43. The van der Waals surface area contributed by atoms with Crippen molar-refractivity contribution >= 4 is 34.4 Å². The normalized spacial score (nSPS) is 13.8. The molecule has 0 aromatic heterocycles. The summed E-state index contributed by atoms with van der Waals surface area (Å²) in [5, 5.41) is 3.58. The molecule has 0 bridgehead atoms. The van der Waals surface area contributed by atoms with E-state index < -0.39 is 0 Å². The molecule has 0 aliphatic rings. The minimum absolute atomic E-state index is 0.697. The molecule has 1 unspecified atom stereocenters. The average molecular weight is 301 g/mol. The Morgan fingerprint density at radius 3 is 2.50 bits per heavy atom. The number of halogens is 1. The third-order valence-electron chi connectivity index (χ3n) is 1.83. The van der Waals surface area contributed by atoms with E-state index in [0.717, 1.165) is 12.5 Å². The van der Waals surface area contributed by atoms with Crippen molar-refractivity contribution in [3.05, 3.63) is 0 Å². The zero-order valence-corrected chi connectivity index (χ0v) is 11.2. The molecule has 1 N–H and O–H groups in total. The molecule has 0 spiro atoms. The summed E-state index contributed by atoms with van der Waals surface area (Å²) in [5.74, 6) is 3.24. The molecular weight excluding hydrogens is 281 g/mol. The molecule has 0 fully saturated rings. The lowest BCUT2D eigenvalue weighted by Crippen LogP contribution is -2.36. The summed E-state index contributed by atoms with van der Waals surface area (Å²) in [6, 6.07) is 0.697. The van der Waals surface area contributed by atoms with E-state index in [1.54, 1.807) is 0 Å². The number of rotatable bonds is 7. The van der Waals surface area contributed by atoms with Crippen LogP contribution in [0.3, 0.4) is 0 Å². The maximum atomic E-state index is 3.58. The molecule has 0 aromatic carbocycles. The van der Waals surface area contributed by atoms with Crippen LogP contribution in [0.25, 0.3) is 0 Å². The third-order valence-corrected chi connectivity index (χ3v) is 3.68. The van der Waals surface area contributed by atoms with Crippen LogP contribution >= 0.6 is 34.4 Å². The first kappa shape index (κ1) is 13.0. The van der Waals surface area contributed by atoms with Gasteiger partial charge in [-0.15, -0.1) is 0 Å². The Morgan fingerprint density at radius 1 is 1.42 bits per heavy atom. The van der Waals surface area contributed by atoms with Crippen molar-refractivity contribution < 1.29 is 0 Å². The highest BCUT2D eigenvalue weighted by atomic mass is 127. The van der Waals surface area contributed by atoms with E-state index in [1.807, 2.05) is 11.8 Å². The minimum Gasteiger partial charge on any atom is -0.312 e. The molecular formula is C9H20INS. The SMILES string of the molecule is CCSCCNC(CI)C(C)C. The lowest BCUT2D eigenvalue weighted by molar-refractivity contribution is 0.449. The van der Waals surface area contributed by atoms with Gasteiger partial charge in [0.1, 0.15) is 0 Å². The molecule has 3 heteroatoms. The lowest BCUT2D eigenvalue weighted by Gasteiger charge is -2.19. The van der Waals surface area contributed by atoms with Crippen LogP contribution in [0.5, 0.6) is 0 Å². The lowest BCUT2D eigenvalue weighted by atomic mass is 10.1. The van der Waals surface area contributed by atoms with Crippen LogP contribution in [-0.4, -0.2) is 28.5 Å². The Morgan fingerprint density at radius 2 is 2.08 bits per heavy atom. The summed E-state index contributed by atoms with van der Waals surface area (Å²) in [4.78, 5) is 0. The van der Waals surface area contributed by atoms with Gasteiger partial charge in [-0.25, -0.2) is 0 Å². The van der Waals surface area contributed by atoms with Crippen molar-refractivity contribution in [2.24, 2.45) is 5.92 Å². The van der Waals surface area contributed by atoms with Crippen LogP contribution < -0.4 is 5.32 Å². The number of hydrogen-bond acceptors (Lipinski definition) is 2. The van der Waals surface area contributed by atoms with Crippen molar-refractivity contribution in [1.29, 1.82) is 0 Å². The molecule has 74 valence electrons. The third kappa shape index (κ3) is 6.54. The predicted molar refractivity (Wildman–Crippen MR) is 68.5 cm³/mol. The Labute approximate surface area is 94.6 Å². The Bertz CT molecular complexity index is 98.5. The summed E-state index contributed by atoms with van der Waals surface area (Å²) in [6.45, 7) is 7.93. The minimum atomic E-state index is 0.697. The predicted octanol–water partition coefficient (Wildman–Crippen LogP) is 2.79. The quantitative estimate of drug-likeness (QED) is 0.441.